The Morgan fingerprint density at radius 1 is 1.06 bits per heavy atom. The van der Waals surface area contributed by atoms with Crippen molar-refractivity contribution >= 4 is 18.5 Å². The summed E-state index contributed by atoms with van der Waals surface area (Å²) >= 11 is 0. The molecule has 3 heterocycles. The third-order valence-corrected chi connectivity index (χ3v) is 8.75. The van der Waals surface area contributed by atoms with E-state index in [-0.39, 0.29) is 6.16 Å². The number of aryl methyl sites for hydroxylation is 1. The van der Waals surface area contributed by atoms with E-state index in [1.807, 2.05) is 44.3 Å². The first-order chi connectivity index (χ1) is 17.4. The number of fused-ring (bicyclic) bond motifs is 3. The van der Waals surface area contributed by atoms with Gasteiger partial charge in [0.25, 0.3) is 0 Å². The van der Waals surface area contributed by atoms with Crippen molar-refractivity contribution in [2.75, 3.05) is 26.8 Å². The first-order valence-corrected chi connectivity index (χ1v) is 14.3. The number of hydrogen-bond acceptors (Lipinski definition) is 6. The Hall–Kier alpha value is -2.77. The number of hydrogen-bond donors (Lipinski definition) is 0. The fourth-order valence-corrected chi connectivity index (χ4v) is 6.74. The van der Waals surface area contributed by atoms with Gasteiger partial charge in [0.05, 0.1) is 37.8 Å². The highest BCUT2D eigenvalue weighted by Crippen LogP contribution is 2.51. The molecule has 2 aromatic heterocycles. The highest BCUT2D eigenvalue weighted by molar-refractivity contribution is 7.53. The predicted molar refractivity (Wildman–Crippen MR) is 142 cm³/mol. The van der Waals surface area contributed by atoms with Gasteiger partial charge in [0.15, 0.2) is 0 Å². The van der Waals surface area contributed by atoms with Crippen molar-refractivity contribution in [1.29, 1.82) is 0 Å². The van der Waals surface area contributed by atoms with Gasteiger partial charge in [-0.05, 0) is 63.2 Å². The minimum absolute atomic E-state index is 0.248. The molecule has 1 aliphatic heterocycles. The third-order valence-electron chi connectivity index (χ3n) is 6.69. The van der Waals surface area contributed by atoms with E-state index in [9.17, 15) is 4.57 Å². The largest absolute Gasteiger partial charge is 0.338 e. The van der Waals surface area contributed by atoms with Crippen LogP contribution in [0.3, 0.4) is 0 Å². The van der Waals surface area contributed by atoms with Crippen LogP contribution in [0.15, 0.2) is 48.7 Å². The Morgan fingerprint density at radius 2 is 1.81 bits per heavy atom. The van der Waals surface area contributed by atoms with Crippen LogP contribution in [0.1, 0.15) is 41.9 Å². The van der Waals surface area contributed by atoms with E-state index in [1.165, 1.54) is 27.7 Å². The lowest BCUT2D eigenvalue weighted by molar-refractivity contribution is 0.219. The monoisotopic (exact) mass is 507 g/mol. The van der Waals surface area contributed by atoms with E-state index in [0.717, 1.165) is 36.5 Å². The molecule has 9 heteroatoms. The Morgan fingerprint density at radius 3 is 2.53 bits per heavy atom. The average Bonchev–Trinajstić information content (AvgIpc) is 3.43. The second-order valence-corrected chi connectivity index (χ2v) is 11.5. The number of aromatic nitrogens is 4. The molecule has 1 aliphatic rings. The summed E-state index contributed by atoms with van der Waals surface area (Å²) in [5.74, 6) is 0. The molecule has 0 spiro atoms. The van der Waals surface area contributed by atoms with Gasteiger partial charge >= 0.3 is 7.60 Å². The minimum atomic E-state index is -3.13. The Balaban J connectivity index is 1.38. The maximum Gasteiger partial charge on any atom is 0.335 e. The van der Waals surface area contributed by atoms with Crippen molar-refractivity contribution in [2.24, 2.45) is 0 Å². The summed E-state index contributed by atoms with van der Waals surface area (Å²) in [4.78, 5) is 2.38. The molecule has 0 unspecified atom stereocenters. The molecule has 0 atom stereocenters. The first kappa shape index (κ1) is 24.9. The molecule has 190 valence electrons. The summed E-state index contributed by atoms with van der Waals surface area (Å²) in [5.41, 5.74) is 8.08. The molecule has 0 amide bonds. The van der Waals surface area contributed by atoms with Crippen LogP contribution in [0.25, 0.3) is 16.6 Å². The zero-order valence-corrected chi connectivity index (χ0v) is 22.4. The van der Waals surface area contributed by atoms with E-state index >= 15 is 0 Å². The molecule has 0 saturated carbocycles. The van der Waals surface area contributed by atoms with Gasteiger partial charge in [0, 0.05) is 36.1 Å². The van der Waals surface area contributed by atoms with Crippen LogP contribution in [0.4, 0.5) is 0 Å². The van der Waals surface area contributed by atoms with Crippen LogP contribution in [-0.4, -0.2) is 51.3 Å². The van der Waals surface area contributed by atoms with Crippen LogP contribution in [-0.2, 0) is 39.3 Å². The summed E-state index contributed by atoms with van der Waals surface area (Å²) in [7, 11) is -0.949. The molecular weight excluding hydrogens is 473 g/mol. The number of likely N-dealkylation sites (N-methyl/N-ethyl adjacent to an activating group) is 1. The fraction of sp³-hybridized carbons (Fsp3) is 0.407. The number of nitrogens with zero attached hydrogens (tertiary/aromatic N) is 5. The zero-order chi connectivity index (χ0) is 25.3. The summed E-state index contributed by atoms with van der Waals surface area (Å²) < 4.78 is 27.9. The van der Waals surface area contributed by atoms with E-state index in [1.54, 1.807) is 4.68 Å². The standard InChI is InChI=1S/C27H34N5O3P/c1-5-34-36(33,35-6-2)19-21-8-10-23(11-9-21)32-17-22(28-29-32)16-31-26-12-7-20(3)15-24(26)25-18-30(4)14-13-27(25)31/h7-12,15,17H,5-6,13-14,16,18-19H2,1-4H3. The summed E-state index contributed by atoms with van der Waals surface area (Å²) in [6.45, 7) is 9.22. The molecule has 36 heavy (non-hydrogen) atoms. The van der Waals surface area contributed by atoms with Crippen molar-refractivity contribution < 1.29 is 13.6 Å². The van der Waals surface area contributed by atoms with Gasteiger partial charge < -0.3 is 18.5 Å². The van der Waals surface area contributed by atoms with Gasteiger partial charge in [0.1, 0.15) is 5.69 Å². The summed E-state index contributed by atoms with van der Waals surface area (Å²) in [6.07, 6.45) is 3.27. The van der Waals surface area contributed by atoms with E-state index in [4.69, 9.17) is 9.05 Å². The van der Waals surface area contributed by atoms with Crippen LogP contribution < -0.4 is 0 Å². The van der Waals surface area contributed by atoms with Crippen molar-refractivity contribution in [3.8, 4) is 5.69 Å². The summed E-state index contributed by atoms with van der Waals surface area (Å²) in [5, 5.41) is 10.2. The van der Waals surface area contributed by atoms with Crippen molar-refractivity contribution in [1.82, 2.24) is 24.5 Å². The van der Waals surface area contributed by atoms with Gasteiger partial charge in [-0.15, -0.1) is 5.10 Å². The minimum Gasteiger partial charge on any atom is -0.338 e. The molecule has 4 aromatic rings. The maximum absolute atomic E-state index is 12.8. The van der Waals surface area contributed by atoms with E-state index < -0.39 is 7.60 Å². The average molecular weight is 508 g/mol. The molecule has 8 nitrogen and oxygen atoms in total. The molecule has 0 bridgehead atoms. The van der Waals surface area contributed by atoms with Gasteiger partial charge in [-0.2, -0.15) is 0 Å². The molecule has 0 fully saturated rings. The molecular formula is C27H34N5O3P. The van der Waals surface area contributed by atoms with Crippen LogP contribution in [0, 0.1) is 6.92 Å². The van der Waals surface area contributed by atoms with E-state index in [0.29, 0.717) is 19.8 Å². The smallest absolute Gasteiger partial charge is 0.335 e. The van der Waals surface area contributed by atoms with Gasteiger partial charge in [0.2, 0.25) is 0 Å². The first-order valence-electron chi connectivity index (χ1n) is 12.6. The second-order valence-electron chi connectivity index (χ2n) is 9.45. The van der Waals surface area contributed by atoms with Crippen LogP contribution in [0.2, 0.25) is 0 Å². The Kier molecular flexibility index (Phi) is 7.13. The molecule has 2 aromatic carbocycles. The summed E-state index contributed by atoms with van der Waals surface area (Å²) in [6, 6.07) is 14.5. The van der Waals surface area contributed by atoms with Crippen molar-refractivity contribution in [2.45, 2.75) is 46.4 Å². The predicted octanol–water partition coefficient (Wildman–Crippen LogP) is 5.33. The molecule has 0 N–H and O–H groups in total. The molecule has 0 saturated heterocycles. The highest BCUT2D eigenvalue weighted by Gasteiger charge is 2.25. The topological polar surface area (TPSA) is 74.4 Å². The van der Waals surface area contributed by atoms with Crippen molar-refractivity contribution in [3.63, 3.8) is 0 Å². The highest BCUT2D eigenvalue weighted by atomic mass is 31.2. The van der Waals surface area contributed by atoms with E-state index in [2.05, 4.69) is 51.9 Å². The SMILES string of the molecule is CCOP(=O)(Cc1ccc(-n2cc(Cn3c4c(c5cc(C)ccc53)CN(C)CC4)nn2)cc1)OCC. The molecule has 5 rings (SSSR count). The van der Waals surface area contributed by atoms with Gasteiger partial charge in [-0.3, -0.25) is 4.57 Å². The number of benzene rings is 2. The lowest BCUT2D eigenvalue weighted by Crippen LogP contribution is -2.27. The van der Waals surface area contributed by atoms with Crippen LogP contribution >= 0.6 is 7.60 Å². The Bertz CT molecular complexity index is 1400. The van der Waals surface area contributed by atoms with Crippen LogP contribution in [0.5, 0.6) is 0 Å². The molecule has 0 radical (unpaired) electrons. The number of rotatable bonds is 9. The Labute approximate surface area is 212 Å². The third kappa shape index (κ3) is 5.04. The van der Waals surface area contributed by atoms with Gasteiger partial charge in [-0.25, -0.2) is 4.68 Å². The lowest BCUT2D eigenvalue weighted by atomic mass is 10.0. The normalized spacial score (nSPS) is 14.4. The van der Waals surface area contributed by atoms with Gasteiger partial charge in [-0.1, -0.05) is 29.0 Å². The van der Waals surface area contributed by atoms with Crippen molar-refractivity contribution in [3.05, 3.63) is 76.7 Å². The molecule has 0 aliphatic carbocycles. The zero-order valence-electron chi connectivity index (χ0n) is 21.5. The maximum atomic E-state index is 12.8. The lowest BCUT2D eigenvalue weighted by Gasteiger charge is -2.24. The fourth-order valence-electron chi connectivity index (χ4n) is 5.04. The second kappa shape index (κ2) is 10.3. The quantitative estimate of drug-likeness (QED) is 0.285.